The molecule has 0 spiro atoms. The van der Waals surface area contributed by atoms with Crippen LogP contribution in [-0.4, -0.2) is 32.7 Å². The summed E-state index contributed by atoms with van der Waals surface area (Å²) in [6.07, 6.45) is 8.00. The van der Waals surface area contributed by atoms with Gasteiger partial charge < -0.3 is 5.11 Å². The largest absolute Gasteiger partial charge is 0.394 e. The maximum Gasteiger partial charge on any atom is 0.0965 e. The number of rotatable bonds is 6. The average Bonchev–Trinajstić information content (AvgIpc) is 2.68. The second kappa shape index (κ2) is 6.17. The van der Waals surface area contributed by atoms with E-state index in [9.17, 15) is 0 Å². The van der Waals surface area contributed by atoms with E-state index in [-0.39, 0.29) is 12.6 Å². The van der Waals surface area contributed by atoms with Crippen LogP contribution in [-0.2, 0) is 13.1 Å². The van der Waals surface area contributed by atoms with Crippen LogP contribution < -0.4 is 5.32 Å². The van der Waals surface area contributed by atoms with Crippen molar-refractivity contribution in [1.29, 1.82) is 0 Å². The molecule has 5 heteroatoms. The number of hydrogen-bond donors (Lipinski definition) is 2. The van der Waals surface area contributed by atoms with E-state index in [0.29, 0.717) is 13.1 Å². The molecule has 0 bridgehead atoms. The van der Waals surface area contributed by atoms with Crippen LogP contribution in [0.3, 0.4) is 0 Å². The first-order valence-corrected chi connectivity index (χ1v) is 4.99. The lowest BCUT2D eigenvalue weighted by atomic mass is 10.2. The molecule has 0 amide bonds. The molecule has 0 saturated carbocycles. The van der Waals surface area contributed by atoms with Crippen LogP contribution >= 0.6 is 0 Å². The first-order valence-electron chi connectivity index (χ1n) is 4.99. The molecule has 15 heavy (non-hydrogen) atoms. The Hall–Kier alpha value is -1.38. The van der Waals surface area contributed by atoms with Crippen LogP contribution in [0.2, 0.25) is 0 Å². The van der Waals surface area contributed by atoms with Gasteiger partial charge in [0, 0.05) is 12.7 Å². The molecule has 1 aromatic heterocycles. The lowest BCUT2D eigenvalue weighted by molar-refractivity contribution is 0.268. The number of aliphatic hydroxyl groups excluding tert-OH is 1. The third-order valence-corrected chi connectivity index (χ3v) is 2.05. The SMILES string of the molecule is C#CC(CC)NCc1cn(CCO)nn1. The fourth-order valence-corrected chi connectivity index (χ4v) is 1.18. The van der Waals surface area contributed by atoms with Gasteiger partial charge in [-0.2, -0.15) is 0 Å². The zero-order valence-corrected chi connectivity index (χ0v) is 8.85. The van der Waals surface area contributed by atoms with Crippen molar-refractivity contribution in [3.05, 3.63) is 11.9 Å². The zero-order chi connectivity index (χ0) is 11.1. The van der Waals surface area contributed by atoms with Crippen molar-refractivity contribution in [3.8, 4) is 12.3 Å². The summed E-state index contributed by atoms with van der Waals surface area (Å²) in [7, 11) is 0. The summed E-state index contributed by atoms with van der Waals surface area (Å²) in [6, 6.07) is 0.0768. The van der Waals surface area contributed by atoms with Crippen molar-refractivity contribution in [3.63, 3.8) is 0 Å². The summed E-state index contributed by atoms with van der Waals surface area (Å²) < 4.78 is 1.60. The molecular weight excluding hydrogens is 192 g/mol. The smallest absolute Gasteiger partial charge is 0.0965 e. The zero-order valence-electron chi connectivity index (χ0n) is 8.85. The Kier molecular flexibility index (Phi) is 4.81. The van der Waals surface area contributed by atoms with Crippen LogP contribution in [0, 0.1) is 12.3 Å². The van der Waals surface area contributed by atoms with E-state index in [4.69, 9.17) is 11.5 Å². The van der Waals surface area contributed by atoms with Gasteiger partial charge in [0.2, 0.25) is 0 Å². The minimum absolute atomic E-state index is 0.0676. The molecule has 5 nitrogen and oxygen atoms in total. The standard InChI is InChI=1S/C10H16N4O/c1-3-9(4-2)11-7-10-8-14(5-6-15)13-12-10/h1,8-9,11,15H,4-7H2,2H3. The van der Waals surface area contributed by atoms with E-state index in [1.807, 2.05) is 6.92 Å². The monoisotopic (exact) mass is 208 g/mol. The second-order valence-corrected chi connectivity index (χ2v) is 3.20. The van der Waals surface area contributed by atoms with E-state index in [1.54, 1.807) is 10.9 Å². The topological polar surface area (TPSA) is 63.0 Å². The summed E-state index contributed by atoms with van der Waals surface area (Å²) in [5.74, 6) is 2.65. The molecule has 0 aliphatic carbocycles. The second-order valence-electron chi connectivity index (χ2n) is 3.20. The van der Waals surface area contributed by atoms with Gasteiger partial charge in [-0.3, -0.25) is 5.32 Å². The van der Waals surface area contributed by atoms with Crippen molar-refractivity contribution in [1.82, 2.24) is 20.3 Å². The molecule has 0 aliphatic rings. The van der Waals surface area contributed by atoms with Crippen LogP contribution in [0.25, 0.3) is 0 Å². The van der Waals surface area contributed by atoms with Crippen molar-refractivity contribution in [2.24, 2.45) is 0 Å². The minimum Gasteiger partial charge on any atom is -0.394 e. The summed E-state index contributed by atoms with van der Waals surface area (Å²) in [5.41, 5.74) is 0.831. The van der Waals surface area contributed by atoms with Gasteiger partial charge in [-0.15, -0.1) is 11.5 Å². The molecule has 1 unspecified atom stereocenters. The van der Waals surface area contributed by atoms with E-state index < -0.39 is 0 Å². The maximum atomic E-state index is 8.69. The normalized spacial score (nSPS) is 12.3. The van der Waals surface area contributed by atoms with E-state index in [0.717, 1.165) is 12.1 Å². The minimum atomic E-state index is 0.0676. The Labute approximate surface area is 89.5 Å². The van der Waals surface area contributed by atoms with Crippen molar-refractivity contribution in [2.45, 2.75) is 32.5 Å². The number of hydrogen-bond acceptors (Lipinski definition) is 4. The molecule has 1 heterocycles. The summed E-state index contributed by atoms with van der Waals surface area (Å²) in [6.45, 7) is 3.17. The number of terminal acetylenes is 1. The number of aliphatic hydroxyl groups is 1. The van der Waals surface area contributed by atoms with Gasteiger partial charge in [-0.05, 0) is 6.42 Å². The van der Waals surface area contributed by atoms with Gasteiger partial charge in [0.1, 0.15) is 0 Å². The van der Waals surface area contributed by atoms with Crippen molar-refractivity contribution >= 4 is 0 Å². The predicted molar refractivity (Wildman–Crippen MR) is 56.9 cm³/mol. The third-order valence-electron chi connectivity index (χ3n) is 2.05. The lowest BCUT2D eigenvalue weighted by Gasteiger charge is -2.07. The summed E-state index contributed by atoms with van der Waals surface area (Å²) >= 11 is 0. The number of nitrogens with zero attached hydrogens (tertiary/aromatic N) is 3. The highest BCUT2D eigenvalue weighted by atomic mass is 16.3. The molecule has 0 fully saturated rings. The maximum absolute atomic E-state index is 8.69. The Morgan fingerprint density at radius 2 is 2.53 bits per heavy atom. The Bertz CT molecular complexity index is 328. The van der Waals surface area contributed by atoms with E-state index in [1.165, 1.54) is 0 Å². The molecule has 1 atom stereocenters. The van der Waals surface area contributed by atoms with Crippen LogP contribution in [0.5, 0.6) is 0 Å². The molecule has 1 rings (SSSR count). The van der Waals surface area contributed by atoms with Gasteiger partial charge in [0.25, 0.3) is 0 Å². The van der Waals surface area contributed by atoms with Crippen LogP contribution in [0.15, 0.2) is 6.20 Å². The van der Waals surface area contributed by atoms with E-state index in [2.05, 4.69) is 21.5 Å². The molecule has 0 aliphatic heterocycles. The quantitative estimate of drug-likeness (QED) is 0.634. The van der Waals surface area contributed by atoms with Gasteiger partial charge >= 0.3 is 0 Å². The number of aromatic nitrogens is 3. The van der Waals surface area contributed by atoms with Crippen LogP contribution in [0.1, 0.15) is 19.0 Å². The van der Waals surface area contributed by atoms with Crippen molar-refractivity contribution < 1.29 is 5.11 Å². The molecular formula is C10H16N4O. The van der Waals surface area contributed by atoms with Crippen molar-refractivity contribution in [2.75, 3.05) is 6.61 Å². The highest BCUT2D eigenvalue weighted by molar-refractivity contribution is 5.00. The van der Waals surface area contributed by atoms with Gasteiger partial charge in [-0.1, -0.05) is 18.1 Å². The van der Waals surface area contributed by atoms with Crippen LogP contribution in [0.4, 0.5) is 0 Å². The fourth-order valence-electron chi connectivity index (χ4n) is 1.18. The number of nitrogens with one attached hydrogen (secondary N) is 1. The Morgan fingerprint density at radius 1 is 1.73 bits per heavy atom. The Balaban J connectivity index is 2.40. The first-order chi connectivity index (χ1) is 7.30. The molecule has 2 N–H and O–H groups in total. The highest BCUT2D eigenvalue weighted by Crippen LogP contribution is 1.95. The average molecular weight is 208 g/mol. The first kappa shape index (κ1) is 11.7. The molecule has 0 radical (unpaired) electrons. The lowest BCUT2D eigenvalue weighted by Crippen LogP contribution is -2.26. The predicted octanol–water partition coefficient (Wildman–Crippen LogP) is -0.228. The third kappa shape index (κ3) is 3.70. The molecule has 1 aromatic rings. The molecule has 0 saturated heterocycles. The summed E-state index contributed by atoms with van der Waals surface area (Å²) in [4.78, 5) is 0. The van der Waals surface area contributed by atoms with Gasteiger partial charge in [-0.25, -0.2) is 4.68 Å². The summed E-state index contributed by atoms with van der Waals surface area (Å²) in [5, 5.41) is 19.7. The van der Waals surface area contributed by atoms with Gasteiger partial charge in [0.15, 0.2) is 0 Å². The Morgan fingerprint density at radius 3 is 3.13 bits per heavy atom. The van der Waals surface area contributed by atoms with E-state index >= 15 is 0 Å². The fraction of sp³-hybridized carbons (Fsp3) is 0.600. The molecule has 0 aromatic carbocycles. The highest BCUT2D eigenvalue weighted by Gasteiger charge is 2.03. The molecule has 82 valence electrons. The van der Waals surface area contributed by atoms with Gasteiger partial charge in [0.05, 0.1) is 24.9 Å².